The van der Waals surface area contributed by atoms with Crippen molar-refractivity contribution in [3.05, 3.63) is 36.0 Å². The predicted octanol–water partition coefficient (Wildman–Crippen LogP) is 2.49. The summed E-state index contributed by atoms with van der Waals surface area (Å²) < 4.78 is 6.10. The molecule has 4 heteroatoms. The molecule has 0 unspecified atom stereocenters. The third-order valence-corrected chi connectivity index (χ3v) is 2.33. The molecule has 0 amide bonds. The van der Waals surface area contributed by atoms with Gasteiger partial charge in [-0.05, 0) is 24.3 Å². The molecule has 1 aromatic carbocycles. The molecule has 0 atom stereocenters. The fraction of sp³-hybridized carbons (Fsp3) is 0.100. The van der Waals surface area contributed by atoms with Gasteiger partial charge >= 0.3 is 5.97 Å². The van der Waals surface area contributed by atoms with Crippen molar-refractivity contribution in [2.45, 2.75) is 0 Å². The van der Waals surface area contributed by atoms with Crippen molar-refractivity contribution in [2.24, 2.45) is 7.05 Å². The number of fused-ring (bicyclic) bond motifs is 1. The van der Waals surface area contributed by atoms with Crippen molar-refractivity contribution < 1.29 is 9.08 Å². The van der Waals surface area contributed by atoms with E-state index in [2.05, 4.69) is 4.29 Å². The maximum Gasteiger partial charge on any atom is 0.356 e. The highest BCUT2D eigenvalue weighted by Crippen LogP contribution is 2.17. The number of halogens is 1. The summed E-state index contributed by atoms with van der Waals surface area (Å²) in [4.78, 5) is 11.1. The molecule has 0 bridgehead atoms. The number of carbonyl (C=O) groups excluding carboxylic acids is 1. The molecule has 0 fully saturated rings. The van der Waals surface area contributed by atoms with Crippen LogP contribution in [-0.2, 0) is 11.3 Å². The molecular weight excluding hydrogens is 202 g/mol. The lowest BCUT2D eigenvalue weighted by Crippen LogP contribution is -1.97. The molecule has 0 spiro atoms. The molecule has 2 rings (SSSR count). The summed E-state index contributed by atoms with van der Waals surface area (Å²) >= 11 is 4.99. The predicted molar refractivity (Wildman–Crippen MR) is 54.2 cm³/mol. The molecule has 1 aromatic heterocycles. The van der Waals surface area contributed by atoms with Gasteiger partial charge in [-0.3, -0.25) is 0 Å². The van der Waals surface area contributed by atoms with Gasteiger partial charge < -0.3 is 8.86 Å². The number of nitrogens with zero attached hydrogens (tertiary/aromatic N) is 1. The van der Waals surface area contributed by atoms with Gasteiger partial charge in [0.25, 0.3) is 0 Å². The Morgan fingerprint density at radius 1 is 1.43 bits per heavy atom. The molecule has 0 aliphatic heterocycles. The van der Waals surface area contributed by atoms with E-state index in [1.165, 1.54) is 0 Å². The van der Waals surface area contributed by atoms with Crippen molar-refractivity contribution >= 4 is 28.7 Å². The second kappa shape index (κ2) is 3.35. The zero-order valence-electron chi connectivity index (χ0n) is 7.53. The van der Waals surface area contributed by atoms with Crippen molar-refractivity contribution in [3.8, 4) is 0 Å². The van der Waals surface area contributed by atoms with Gasteiger partial charge in [0, 0.05) is 24.1 Å². The number of benzene rings is 1. The van der Waals surface area contributed by atoms with Crippen LogP contribution in [0.4, 0.5) is 0 Å². The van der Waals surface area contributed by atoms with Crippen LogP contribution in [0.5, 0.6) is 0 Å². The van der Waals surface area contributed by atoms with E-state index in [-0.39, 0.29) is 0 Å². The highest BCUT2D eigenvalue weighted by Gasteiger charge is 2.07. The molecule has 0 saturated heterocycles. The van der Waals surface area contributed by atoms with E-state index < -0.39 is 5.97 Å². The zero-order chi connectivity index (χ0) is 10.1. The number of aryl methyl sites for hydroxylation is 1. The summed E-state index contributed by atoms with van der Waals surface area (Å²) in [6, 6.07) is 7.23. The second-order valence-corrected chi connectivity index (χ2v) is 3.22. The molecular formula is C10H8ClNO2. The van der Waals surface area contributed by atoms with Gasteiger partial charge in [-0.1, -0.05) is 0 Å². The first-order chi connectivity index (χ1) is 6.72. The van der Waals surface area contributed by atoms with Crippen molar-refractivity contribution in [1.29, 1.82) is 0 Å². The van der Waals surface area contributed by atoms with Crippen LogP contribution in [0.3, 0.4) is 0 Å². The van der Waals surface area contributed by atoms with Crippen molar-refractivity contribution in [3.63, 3.8) is 0 Å². The van der Waals surface area contributed by atoms with Crippen molar-refractivity contribution in [1.82, 2.24) is 4.57 Å². The molecule has 14 heavy (non-hydrogen) atoms. The highest BCUT2D eigenvalue weighted by molar-refractivity contribution is 6.16. The van der Waals surface area contributed by atoms with Crippen LogP contribution in [0.2, 0.25) is 0 Å². The molecule has 0 saturated carbocycles. The fourth-order valence-electron chi connectivity index (χ4n) is 1.45. The number of rotatable bonds is 1. The monoisotopic (exact) mass is 209 g/mol. The maximum atomic E-state index is 11.1. The molecule has 0 aliphatic carbocycles. The number of aromatic nitrogens is 1. The first-order valence-electron chi connectivity index (χ1n) is 4.10. The van der Waals surface area contributed by atoms with Crippen LogP contribution in [0, 0.1) is 0 Å². The maximum absolute atomic E-state index is 11.1. The molecule has 0 radical (unpaired) electrons. The zero-order valence-corrected chi connectivity index (χ0v) is 8.28. The Morgan fingerprint density at radius 3 is 2.93 bits per heavy atom. The Bertz CT molecular complexity index is 490. The van der Waals surface area contributed by atoms with Gasteiger partial charge in [0.1, 0.15) is 11.9 Å². The minimum Gasteiger partial charge on any atom is -0.351 e. The summed E-state index contributed by atoms with van der Waals surface area (Å²) in [5.74, 6) is -0.530. The lowest BCUT2D eigenvalue weighted by molar-refractivity contribution is 0.0751. The Morgan fingerprint density at radius 2 is 2.21 bits per heavy atom. The summed E-state index contributed by atoms with van der Waals surface area (Å²) in [5, 5.41) is 0.993. The number of carbonyl (C=O) groups is 1. The van der Waals surface area contributed by atoms with Crippen LogP contribution >= 0.6 is 11.9 Å². The Labute approximate surface area is 86.0 Å². The largest absolute Gasteiger partial charge is 0.356 e. The lowest BCUT2D eigenvalue weighted by atomic mass is 10.1. The van der Waals surface area contributed by atoms with Gasteiger partial charge in [0.15, 0.2) is 0 Å². The van der Waals surface area contributed by atoms with E-state index in [1.807, 2.05) is 29.9 Å². The summed E-state index contributed by atoms with van der Waals surface area (Å²) in [6.45, 7) is 0. The number of hydrogen-bond acceptors (Lipinski definition) is 2. The van der Waals surface area contributed by atoms with Crippen LogP contribution in [0.25, 0.3) is 10.9 Å². The summed E-state index contributed by atoms with van der Waals surface area (Å²) in [6.07, 6.45) is 1.93. The topological polar surface area (TPSA) is 31.2 Å². The molecule has 72 valence electrons. The van der Waals surface area contributed by atoms with Crippen LogP contribution in [0.15, 0.2) is 30.5 Å². The molecule has 0 N–H and O–H groups in total. The number of hydrogen-bond donors (Lipinski definition) is 0. The van der Waals surface area contributed by atoms with Crippen molar-refractivity contribution in [2.75, 3.05) is 0 Å². The third-order valence-electron chi connectivity index (χ3n) is 2.19. The fourth-order valence-corrected chi connectivity index (χ4v) is 1.54. The highest BCUT2D eigenvalue weighted by atomic mass is 35.5. The van der Waals surface area contributed by atoms with E-state index in [1.54, 1.807) is 12.1 Å². The van der Waals surface area contributed by atoms with Crippen LogP contribution in [0.1, 0.15) is 10.4 Å². The van der Waals surface area contributed by atoms with Gasteiger partial charge in [0.05, 0.1) is 5.56 Å². The average Bonchev–Trinajstić information content (AvgIpc) is 2.59. The lowest BCUT2D eigenvalue weighted by Gasteiger charge is -1.98. The SMILES string of the molecule is Cn1ccc2cc(C(=O)OCl)ccc21. The smallest absolute Gasteiger partial charge is 0.351 e. The normalized spacial score (nSPS) is 10.4. The molecule has 3 nitrogen and oxygen atoms in total. The summed E-state index contributed by atoms with van der Waals surface area (Å²) in [5.41, 5.74) is 1.52. The third kappa shape index (κ3) is 1.36. The molecule has 0 aliphatic rings. The first kappa shape index (κ1) is 9.09. The second-order valence-electron chi connectivity index (χ2n) is 3.06. The van der Waals surface area contributed by atoms with Crippen LogP contribution < -0.4 is 0 Å². The minimum absolute atomic E-state index is 0.457. The average molecular weight is 210 g/mol. The summed E-state index contributed by atoms with van der Waals surface area (Å²) in [7, 11) is 1.95. The molecule has 1 heterocycles. The van der Waals surface area contributed by atoms with E-state index in [4.69, 9.17) is 11.9 Å². The quantitative estimate of drug-likeness (QED) is 0.723. The van der Waals surface area contributed by atoms with E-state index >= 15 is 0 Å². The Balaban J connectivity index is 2.57. The van der Waals surface area contributed by atoms with Gasteiger partial charge in [-0.15, -0.1) is 0 Å². The van der Waals surface area contributed by atoms with E-state index in [0.29, 0.717) is 5.56 Å². The van der Waals surface area contributed by atoms with E-state index in [0.717, 1.165) is 10.9 Å². The van der Waals surface area contributed by atoms with Crippen LogP contribution in [-0.4, -0.2) is 10.5 Å². The van der Waals surface area contributed by atoms with Gasteiger partial charge in [0.2, 0.25) is 0 Å². The standard InChI is InChI=1S/C10H8ClNO2/c1-12-5-4-7-6-8(10(13)14-11)2-3-9(7)12/h2-6H,1H3. The molecule has 2 aromatic rings. The van der Waals surface area contributed by atoms with Gasteiger partial charge in [-0.2, -0.15) is 0 Å². The van der Waals surface area contributed by atoms with Gasteiger partial charge in [-0.25, -0.2) is 4.79 Å². The first-order valence-corrected chi connectivity index (χ1v) is 4.41. The minimum atomic E-state index is -0.530. The Kier molecular flexibility index (Phi) is 2.17. The Hall–Kier alpha value is -1.48. The van der Waals surface area contributed by atoms with E-state index in [9.17, 15) is 4.79 Å².